The molecule has 7 nitrogen and oxygen atoms in total. The van der Waals surface area contributed by atoms with E-state index >= 15 is 0 Å². The third kappa shape index (κ3) is 3.83. The first kappa shape index (κ1) is 21.7. The van der Waals surface area contributed by atoms with Gasteiger partial charge in [0.2, 0.25) is 11.9 Å². The van der Waals surface area contributed by atoms with Gasteiger partial charge in [-0.15, -0.1) is 11.3 Å². The number of carbonyl (C=O) groups is 2. The average molecular weight is 484 g/mol. The molecule has 1 aliphatic heterocycles. The number of nitrogens with zero attached hydrogens (tertiary/aromatic N) is 4. The Morgan fingerprint density at radius 3 is 2.74 bits per heavy atom. The zero-order chi connectivity index (χ0) is 24.0. The van der Waals surface area contributed by atoms with Crippen LogP contribution in [-0.2, 0) is 4.79 Å². The fourth-order valence-corrected chi connectivity index (χ4v) is 6.36. The van der Waals surface area contributed by atoms with Crippen LogP contribution in [0.5, 0.6) is 0 Å². The number of nitrogens with one attached hydrogen (secondary N) is 1. The molecule has 0 radical (unpaired) electrons. The maximum atomic E-state index is 13.2. The molecule has 2 fully saturated rings. The van der Waals surface area contributed by atoms with Crippen molar-refractivity contribution in [1.29, 1.82) is 0 Å². The Balaban J connectivity index is 1.24. The predicted octanol–water partition coefficient (Wildman–Crippen LogP) is 5.15. The summed E-state index contributed by atoms with van der Waals surface area (Å²) in [6.07, 6.45) is 6.07. The van der Waals surface area contributed by atoms with E-state index in [9.17, 15) is 9.59 Å². The summed E-state index contributed by atoms with van der Waals surface area (Å²) in [6, 6.07) is 17.7. The molecule has 0 atom stereocenters. The summed E-state index contributed by atoms with van der Waals surface area (Å²) in [6.45, 7) is 5.18. The second-order valence-corrected chi connectivity index (χ2v) is 10.5. The number of imidazole rings is 1. The van der Waals surface area contributed by atoms with Crippen LogP contribution in [0.3, 0.4) is 0 Å². The van der Waals surface area contributed by atoms with E-state index in [0.29, 0.717) is 10.8 Å². The molecule has 0 bridgehead atoms. The van der Waals surface area contributed by atoms with E-state index in [2.05, 4.69) is 27.5 Å². The number of carbonyl (C=O) groups excluding carboxylic acids is 2. The maximum Gasteiger partial charge on any atom is 0.268 e. The van der Waals surface area contributed by atoms with Crippen molar-refractivity contribution in [3.8, 4) is 10.6 Å². The van der Waals surface area contributed by atoms with Gasteiger partial charge in [-0.1, -0.05) is 24.8 Å². The standard InChI is InChI=1S/C27H25N5O2S/c1-2-24(33)31-14-12-27(17-31)15-18(16-27)32-21-9-4-3-7-19(21)29-26(32)30-25(34)23-11-10-22(35-23)20-8-5-6-13-28-20/h2-11,13,18H,1,12,14-17H2,(H,29,30,34)/t18-,27-. The average Bonchev–Trinajstić information content (AvgIpc) is 3.60. The van der Waals surface area contributed by atoms with Crippen molar-refractivity contribution >= 4 is 40.1 Å². The number of anilines is 1. The summed E-state index contributed by atoms with van der Waals surface area (Å²) in [5, 5.41) is 3.07. The number of benzene rings is 1. The van der Waals surface area contributed by atoms with Crippen LogP contribution in [0.1, 0.15) is 35.0 Å². The second kappa shape index (κ2) is 8.46. The van der Waals surface area contributed by atoms with Gasteiger partial charge in [-0.3, -0.25) is 19.9 Å². The van der Waals surface area contributed by atoms with Crippen molar-refractivity contribution in [3.05, 3.63) is 78.3 Å². The van der Waals surface area contributed by atoms with Gasteiger partial charge in [-0.25, -0.2) is 4.98 Å². The van der Waals surface area contributed by atoms with E-state index in [1.54, 1.807) is 6.20 Å². The van der Waals surface area contributed by atoms with Gasteiger partial charge in [0.25, 0.3) is 5.91 Å². The van der Waals surface area contributed by atoms with Gasteiger partial charge in [0.05, 0.1) is 26.5 Å². The highest BCUT2D eigenvalue weighted by atomic mass is 32.1. The first-order chi connectivity index (χ1) is 17.0. The lowest BCUT2D eigenvalue weighted by molar-refractivity contribution is -0.125. The van der Waals surface area contributed by atoms with Crippen LogP contribution in [0, 0.1) is 5.41 Å². The first-order valence-corrected chi connectivity index (χ1v) is 12.6. The van der Waals surface area contributed by atoms with Gasteiger partial charge in [-0.2, -0.15) is 0 Å². The summed E-state index contributed by atoms with van der Waals surface area (Å²) < 4.78 is 2.17. The Morgan fingerprint density at radius 1 is 1.11 bits per heavy atom. The minimum atomic E-state index is -0.175. The van der Waals surface area contributed by atoms with Gasteiger partial charge in [0.1, 0.15) is 0 Å². The molecule has 3 aromatic heterocycles. The minimum absolute atomic E-state index is 0.00683. The molecule has 2 amide bonds. The highest BCUT2D eigenvalue weighted by Crippen LogP contribution is 2.55. The van der Waals surface area contributed by atoms with Gasteiger partial charge < -0.3 is 9.47 Å². The molecule has 1 saturated carbocycles. The molecule has 1 aliphatic carbocycles. The SMILES string of the molecule is C=CC(=O)N1CC[C@]2(C1)C[C@H](n1c(NC(=O)c3ccc(-c4ccccn4)s3)nc3ccccc31)C2. The van der Waals surface area contributed by atoms with E-state index in [1.165, 1.54) is 17.4 Å². The number of hydrogen-bond acceptors (Lipinski definition) is 5. The Bertz CT molecular complexity index is 1430. The maximum absolute atomic E-state index is 13.2. The molecule has 1 aromatic carbocycles. The number of fused-ring (bicyclic) bond motifs is 1. The van der Waals surface area contributed by atoms with Gasteiger partial charge >= 0.3 is 0 Å². The van der Waals surface area contributed by atoms with Crippen LogP contribution in [0.15, 0.2) is 73.4 Å². The second-order valence-electron chi connectivity index (χ2n) is 9.40. The predicted molar refractivity (Wildman–Crippen MR) is 137 cm³/mol. The molecule has 1 N–H and O–H groups in total. The number of hydrogen-bond donors (Lipinski definition) is 1. The molecule has 176 valence electrons. The Labute approximate surface area is 207 Å². The molecule has 6 rings (SSSR count). The number of rotatable bonds is 5. The summed E-state index contributed by atoms with van der Waals surface area (Å²) in [4.78, 5) is 37.9. The molecule has 1 spiro atoms. The van der Waals surface area contributed by atoms with E-state index in [0.717, 1.165) is 54.0 Å². The lowest BCUT2D eigenvalue weighted by Gasteiger charge is -2.46. The minimum Gasteiger partial charge on any atom is -0.339 e. The largest absolute Gasteiger partial charge is 0.339 e. The fourth-order valence-electron chi connectivity index (χ4n) is 5.48. The van der Waals surface area contributed by atoms with Crippen LogP contribution >= 0.6 is 11.3 Å². The number of likely N-dealkylation sites (tertiary alicyclic amines) is 1. The van der Waals surface area contributed by atoms with E-state index in [1.807, 2.05) is 53.4 Å². The topological polar surface area (TPSA) is 80.1 Å². The zero-order valence-corrected chi connectivity index (χ0v) is 20.0. The lowest BCUT2D eigenvalue weighted by atomic mass is 9.65. The molecular weight excluding hydrogens is 458 g/mol. The molecule has 2 aliphatic rings. The van der Waals surface area contributed by atoms with Crippen LogP contribution in [0.25, 0.3) is 21.6 Å². The van der Waals surface area contributed by atoms with Crippen molar-refractivity contribution in [2.24, 2.45) is 5.41 Å². The van der Waals surface area contributed by atoms with Gasteiger partial charge in [0.15, 0.2) is 0 Å². The molecule has 35 heavy (non-hydrogen) atoms. The van der Waals surface area contributed by atoms with Crippen LogP contribution in [0.4, 0.5) is 5.95 Å². The molecule has 0 unspecified atom stereocenters. The number of aromatic nitrogens is 3. The number of pyridine rings is 1. The van der Waals surface area contributed by atoms with Crippen molar-refractivity contribution in [1.82, 2.24) is 19.4 Å². The quantitative estimate of drug-likeness (QED) is 0.398. The molecule has 1 saturated heterocycles. The Hall–Kier alpha value is -3.78. The molecule has 4 aromatic rings. The summed E-state index contributed by atoms with van der Waals surface area (Å²) in [5.74, 6) is 0.402. The zero-order valence-electron chi connectivity index (χ0n) is 19.2. The third-order valence-corrected chi connectivity index (χ3v) is 8.30. The summed E-state index contributed by atoms with van der Waals surface area (Å²) in [7, 11) is 0. The lowest BCUT2D eigenvalue weighted by Crippen LogP contribution is -2.42. The van der Waals surface area contributed by atoms with E-state index in [4.69, 9.17) is 4.98 Å². The monoisotopic (exact) mass is 483 g/mol. The highest BCUT2D eigenvalue weighted by Gasteiger charge is 2.50. The Kier molecular flexibility index (Phi) is 5.25. The van der Waals surface area contributed by atoms with Gasteiger partial charge in [-0.05, 0) is 67.2 Å². The summed E-state index contributed by atoms with van der Waals surface area (Å²) in [5.41, 5.74) is 2.87. The molecular formula is C27H25N5O2S. The first-order valence-electron chi connectivity index (χ1n) is 11.8. The number of para-hydroxylation sites is 2. The van der Waals surface area contributed by atoms with E-state index in [-0.39, 0.29) is 23.3 Å². The van der Waals surface area contributed by atoms with Crippen molar-refractivity contribution in [3.63, 3.8) is 0 Å². The smallest absolute Gasteiger partial charge is 0.268 e. The Morgan fingerprint density at radius 2 is 1.94 bits per heavy atom. The highest BCUT2D eigenvalue weighted by molar-refractivity contribution is 7.17. The fraction of sp³-hybridized carbons (Fsp3) is 0.259. The molecule has 8 heteroatoms. The van der Waals surface area contributed by atoms with Crippen LogP contribution < -0.4 is 5.32 Å². The number of amides is 2. The summed E-state index contributed by atoms with van der Waals surface area (Å²) >= 11 is 1.42. The van der Waals surface area contributed by atoms with E-state index < -0.39 is 0 Å². The molecule has 4 heterocycles. The third-order valence-electron chi connectivity index (χ3n) is 7.20. The number of thiophene rings is 1. The van der Waals surface area contributed by atoms with Crippen molar-refractivity contribution in [2.45, 2.75) is 25.3 Å². The van der Waals surface area contributed by atoms with Crippen LogP contribution in [0.2, 0.25) is 0 Å². The van der Waals surface area contributed by atoms with Crippen LogP contribution in [-0.4, -0.2) is 44.3 Å². The normalized spacial score (nSPS) is 21.3. The van der Waals surface area contributed by atoms with Gasteiger partial charge in [0, 0.05) is 25.3 Å². The van der Waals surface area contributed by atoms with Crippen molar-refractivity contribution in [2.75, 3.05) is 18.4 Å². The van der Waals surface area contributed by atoms with Crippen molar-refractivity contribution < 1.29 is 9.59 Å².